The standard InChI is InChI=1S/C22H33NO6S/c1-21(2,3)14-9-13(10-15(20(14)23-27)22(4,5)6)30-17-12-28-11-16(17)29-19(26)8-7-18(24)25/h9-10,14,16-17,20H,7-8,11-12H2,1-6H3,(H,24,25)/t14-,16-,17-,20?/m1/s1. The van der Waals surface area contributed by atoms with Gasteiger partial charge >= 0.3 is 11.9 Å². The number of carboxylic acids is 1. The summed E-state index contributed by atoms with van der Waals surface area (Å²) in [6.45, 7) is 13.3. The topological polar surface area (TPSA) is 102 Å². The molecule has 2 aliphatic rings. The van der Waals surface area contributed by atoms with Crippen LogP contribution in [0.25, 0.3) is 0 Å². The summed E-state index contributed by atoms with van der Waals surface area (Å²) in [6.07, 6.45) is 3.31. The zero-order chi connectivity index (χ0) is 22.7. The Morgan fingerprint density at radius 3 is 2.40 bits per heavy atom. The molecular weight excluding hydrogens is 406 g/mol. The number of nitrogens with zero attached hydrogens (tertiary/aromatic N) is 1. The van der Waals surface area contributed by atoms with Gasteiger partial charge in [-0.3, -0.25) is 9.59 Å². The third kappa shape index (κ3) is 6.41. The first kappa shape index (κ1) is 24.6. The van der Waals surface area contributed by atoms with Crippen molar-refractivity contribution in [3.63, 3.8) is 0 Å². The molecule has 1 N–H and O–H groups in total. The van der Waals surface area contributed by atoms with Crippen LogP contribution >= 0.6 is 11.8 Å². The van der Waals surface area contributed by atoms with Crippen LogP contribution in [0, 0.1) is 21.7 Å². The maximum absolute atomic E-state index is 12.0. The fraction of sp³-hybridized carbons (Fsp3) is 0.727. The molecule has 1 aliphatic carbocycles. The number of thioether (sulfide) groups is 1. The van der Waals surface area contributed by atoms with Crippen LogP contribution in [-0.2, 0) is 19.1 Å². The Hall–Kier alpha value is -1.67. The second kappa shape index (κ2) is 9.64. The monoisotopic (exact) mass is 439 g/mol. The van der Waals surface area contributed by atoms with Gasteiger partial charge in [0.1, 0.15) is 12.1 Å². The van der Waals surface area contributed by atoms with Crippen molar-refractivity contribution in [2.24, 2.45) is 21.9 Å². The fourth-order valence-corrected chi connectivity index (χ4v) is 4.89. The second-order valence-electron chi connectivity index (χ2n) is 9.98. The average Bonchev–Trinajstić information content (AvgIpc) is 3.04. The average molecular weight is 440 g/mol. The SMILES string of the molecule is CC(C)(C)C1=CC(S[C@@H]2COC[C@H]2OC(=O)CCC(=O)O)=C[C@@H](C(C)(C)C)C1N=O. The van der Waals surface area contributed by atoms with Gasteiger partial charge in [0.2, 0.25) is 0 Å². The van der Waals surface area contributed by atoms with E-state index in [1.165, 1.54) is 0 Å². The van der Waals surface area contributed by atoms with Crippen molar-refractivity contribution in [1.82, 2.24) is 0 Å². The van der Waals surface area contributed by atoms with Gasteiger partial charge < -0.3 is 14.6 Å². The number of aliphatic carboxylic acids is 1. The van der Waals surface area contributed by atoms with Crippen molar-refractivity contribution < 1.29 is 24.2 Å². The molecule has 8 heteroatoms. The first-order chi connectivity index (χ1) is 13.8. The lowest BCUT2D eigenvalue weighted by Gasteiger charge is -2.40. The Morgan fingerprint density at radius 2 is 1.87 bits per heavy atom. The lowest BCUT2D eigenvalue weighted by molar-refractivity contribution is -0.151. The van der Waals surface area contributed by atoms with Crippen molar-refractivity contribution in [1.29, 1.82) is 0 Å². The highest BCUT2D eigenvalue weighted by Gasteiger charge is 2.41. The van der Waals surface area contributed by atoms with Gasteiger partial charge in [-0.15, -0.1) is 11.8 Å². The van der Waals surface area contributed by atoms with E-state index in [1.807, 2.05) is 6.08 Å². The van der Waals surface area contributed by atoms with Crippen LogP contribution in [0.1, 0.15) is 54.4 Å². The van der Waals surface area contributed by atoms with Crippen LogP contribution < -0.4 is 0 Å². The molecule has 1 heterocycles. The van der Waals surface area contributed by atoms with Crippen molar-refractivity contribution >= 4 is 23.7 Å². The Labute approximate surface area is 182 Å². The maximum Gasteiger partial charge on any atom is 0.306 e. The molecule has 4 atom stereocenters. The van der Waals surface area contributed by atoms with Crippen LogP contribution in [0.3, 0.4) is 0 Å². The van der Waals surface area contributed by atoms with Crippen LogP contribution in [0.4, 0.5) is 0 Å². The van der Waals surface area contributed by atoms with Crippen molar-refractivity contribution in [2.45, 2.75) is 71.8 Å². The molecule has 7 nitrogen and oxygen atoms in total. The summed E-state index contributed by atoms with van der Waals surface area (Å²) < 4.78 is 11.0. The zero-order valence-corrected chi connectivity index (χ0v) is 19.5. The maximum atomic E-state index is 12.0. The molecule has 0 aromatic rings. The highest BCUT2D eigenvalue weighted by Crippen LogP contribution is 2.46. The molecule has 1 aliphatic heterocycles. The molecule has 0 spiro atoms. The van der Waals surface area contributed by atoms with E-state index in [0.717, 1.165) is 10.5 Å². The molecule has 168 valence electrons. The number of rotatable bonds is 7. The number of hydrogen-bond donors (Lipinski definition) is 1. The Bertz CT molecular complexity index is 731. The molecule has 1 fully saturated rings. The largest absolute Gasteiger partial charge is 0.481 e. The Balaban J connectivity index is 2.20. The van der Waals surface area contributed by atoms with Crippen LogP contribution in [0.15, 0.2) is 27.8 Å². The van der Waals surface area contributed by atoms with Gasteiger partial charge in [-0.1, -0.05) is 52.8 Å². The molecule has 2 rings (SSSR count). The second-order valence-corrected chi connectivity index (χ2v) is 11.3. The van der Waals surface area contributed by atoms with E-state index in [1.54, 1.807) is 11.8 Å². The number of ether oxygens (including phenoxy) is 2. The van der Waals surface area contributed by atoms with E-state index in [4.69, 9.17) is 14.6 Å². The van der Waals surface area contributed by atoms with E-state index in [2.05, 4.69) is 52.8 Å². The fourth-order valence-electron chi connectivity index (χ4n) is 3.67. The number of allylic oxidation sites excluding steroid dienone is 1. The van der Waals surface area contributed by atoms with Crippen molar-refractivity contribution in [3.05, 3.63) is 27.5 Å². The van der Waals surface area contributed by atoms with Gasteiger partial charge in [-0.05, 0) is 22.5 Å². The molecule has 30 heavy (non-hydrogen) atoms. The molecule has 0 radical (unpaired) electrons. The quantitative estimate of drug-likeness (QED) is 0.458. The van der Waals surface area contributed by atoms with Gasteiger partial charge in [0, 0.05) is 10.8 Å². The Morgan fingerprint density at radius 1 is 1.20 bits per heavy atom. The summed E-state index contributed by atoms with van der Waals surface area (Å²) in [6, 6.07) is -0.418. The minimum atomic E-state index is -1.03. The zero-order valence-electron chi connectivity index (χ0n) is 18.6. The number of nitroso groups, excluding NO2 is 1. The normalized spacial score (nSPS) is 27.3. The van der Waals surface area contributed by atoms with Crippen LogP contribution in [0.2, 0.25) is 0 Å². The summed E-state index contributed by atoms with van der Waals surface area (Å²) in [5, 5.41) is 12.1. The third-order valence-electron chi connectivity index (χ3n) is 5.37. The van der Waals surface area contributed by atoms with E-state index in [-0.39, 0.29) is 34.8 Å². The summed E-state index contributed by atoms with van der Waals surface area (Å²) in [7, 11) is 0. The minimum absolute atomic E-state index is 0.0457. The number of esters is 1. The molecule has 0 saturated carbocycles. The number of hydrogen-bond acceptors (Lipinski definition) is 7. The summed E-state index contributed by atoms with van der Waals surface area (Å²) >= 11 is 1.58. The lowest BCUT2D eigenvalue weighted by atomic mass is 9.67. The molecular formula is C22H33NO6S. The van der Waals surface area contributed by atoms with Gasteiger partial charge in [0.15, 0.2) is 0 Å². The third-order valence-corrected chi connectivity index (χ3v) is 6.64. The molecule has 0 amide bonds. The first-order valence-corrected chi connectivity index (χ1v) is 11.1. The predicted molar refractivity (Wildman–Crippen MR) is 117 cm³/mol. The van der Waals surface area contributed by atoms with Crippen molar-refractivity contribution in [3.8, 4) is 0 Å². The van der Waals surface area contributed by atoms with E-state index >= 15 is 0 Å². The van der Waals surface area contributed by atoms with E-state index < -0.39 is 24.1 Å². The summed E-state index contributed by atoms with van der Waals surface area (Å²) in [4.78, 5) is 35.4. The predicted octanol–water partition coefficient (Wildman–Crippen LogP) is 4.56. The van der Waals surface area contributed by atoms with Crippen LogP contribution in [0.5, 0.6) is 0 Å². The molecule has 0 bridgehead atoms. The van der Waals surface area contributed by atoms with Gasteiger partial charge in [-0.25, -0.2) is 0 Å². The molecule has 1 unspecified atom stereocenters. The van der Waals surface area contributed by atoms with E-state index in [9.17, 15) is 14.5 Å². The Kier molecular flexibility index (Phi) is 7.91. The highest BCUT2D eigenvalue weighted by molar-refractivity contribution is 8.03. The molecule has 1 saturated heterocycles. The lowest BCUT2D eigenvalue weighted by Crippen LogP contribution is -2.37. The summed E-state index contributed by atoms with van der Waals surface area (Å²) in [5.74, 6) is -1.60. The van der Waals surface area contributed by atoms with E-state index in [0.29, 0.717) is 13.2 Å². The highest BCUT2D eigenvalue weighted by atomic mass is 32.2. The minimum Gasteiger partial charge on any atom is -0.481 e. The van der Waals surface area contributed by atoms with Gasteiger partial charge in [-0.2, -0.15) is 4.91 Å². The molecule has 0 aromatic heterocycles. The number of carboxylic acid groups (broad SMARTS) is 1. The first-order valence-electron chi connectivity index (χ1n) is 10.2. The number of carbonyl (C=O) groups excluding carboxylic acids is 1. The van der Waals surface area contributed by atoms with Gasteiger partial charge in [0.05, 0.1) is 31.3 Å². The van der Waals surface area contributed by atoms with Crippen molar-refractivity contribution in [2.75, 3.05) is 13.2 Å². The summed E-state index contributed by atoms with van der Waals surface area (Å²) in [5.41, 5.74) is 0.637. The molecule has 0 aromatic carbocycles. The number of carbonyl (C=O) groups is 2. The smallest absolute Gasteiger partial charge is 0.306 e. The van der Waals surface area contributed by atoms with Gasteiger partial charge in [0.25, 0.3) is 0 Å². The van der Waals surface area contributed by atoms with Crippen LogP contribution in [-0.4, -0.2) is 47.7 Å².